The minimum Gasteiger partial charge on any atom is -0.497 e. The van der Waals surface area contributed by atoms with Crippen LogP contribution in [0.5, 0.6) is 11.5 Å². The third kappa shape index (κ3) is 3.63. The molecule has 0 aliphatic heterocycles. The molecule has 0 amide bonds. The lowest BCUT2D eigenvalue weighted by Crippen LogP contribution is -2.37. The Bertz CT molecular complexity index is 437. The maximum absolute atomic E-state index is 5.46. The van der Waals surface area contributed by atoms with Gasteiger partial charge in [-0.25, -0.2) is 0 Å². The smallest absolute Gasteiger partial charge is 0.122 e. The van der Waals surface area contributed by atoms with E-state index in [1.807, 2.05) is 12.1 Å². The van der Waals surface area contributed by atoms with Crippen LogP contribution in [-0.2, 0) is 0 Å². The van der Waals surface area contributed by atoms with Crippen molar-refractivity contribution in [3.63, 3.8) is 0 Å². The summed E-state index contributed by atoms with van der Waals surface area (Å²) in [7, 11) is 3.44. The van der Waals surface area contributed by atoms with Gasteiger partial charge in [-0.3, -0.25) is 0 Å². The quantitative estimate of drug-likeness (QED) is 0.885. The van der Waals surface area contributed by atoms with Crippen molar-refractivity contribution in [3.8, 4) is 11.5 Å². The predicted octanol–water partition coefficient (Wildman–Crippen LogP) is 3.20. The first-order valence-electron chi connectivity index (χ1n) is 6.91. The molecule has 0 aromatic heterocycles. The third-order valence-electron chi connectivity index (χ3n) is 3.65. The zero-order valence-corrected chi connectivity index (χ0v) is 12.6. The lowest BCUT2D eigenvalue weighted by molar-refractivity contribution is 0.395. The number of benzene rings is 1. The maximum Gasteiger partial charge on any atom is 0.122 e. The second-order valence-electron chi connectivity index (χ2n) is 6.34. The van der Waals surface area contributed by atoms with Crippen molar-refractivity contribution < 1.29 is 9.47 Å². The average molecular weight is 263 g/mol. The van der Waals surface area contributed by atoms with Crippen molar-refractivity contribution in [1.82, 2.24) is 5.32 Å². The largest absolute Gasteiger partial charge is 0.497 e. The molecule has 3 nitrogen and oxygen atoms in total. The molecule has 0 bridgehead atoms. The van der Waals surface area contributed by atoms with E-state index in [1.54, 1.807) is 14.2 Å². The zero-order chi connectivity index (χ0) is 14.0. The van der Waals surface area contributed by atoms with E-state index in [9.17, 15) is 0 Å². The Kier molecular flexibility index (Phi) is 4.04. The monoisotopic (exact) mass is 263 g/mol. The molecule has 1 N–H and O–H groups in total. The Balaban J connectivity index is 2.03. The topological polar surface area (TPSA) is 30.5 Å². The van der Waals surface area contributed by atoms with Crippen LogP contribution in [0, 0.1) is 5.92 Å². The zero-order valence-electron chi connectivity index (χ0n) is 12.6. The van der Waals surface area contributed by atoms with Crippen LogP contribution in [0.15, 0.2) is 18.2 Å². The minimum absolute atomic E-state index is 0.186. The Morgan fingerprint density at radius 2 is 1.95 bits per heavy atom. The van der Waals surface area contributed by atoms with E-state index in [0.717, 1.165) is 18.0 Å². The van der Waals surface area contributed by atoms with Crippen LogP contribution in [0.25, 0.3) is 0 Å². The van der Waals surface area contributed by atoms with E-state index in [1.165, 1.54) is 12.0 Å². The minimum atomic E-state index is 0.186. The summed E-state index contributed by atoms with van der Waals surface area (Å²) in [6.07, 6.45) is 1.23. The molecule has 2 atom stereocenters. The molecule has 1 saturated carbocycles. The first-order chi connectivity index (χ1) is 8.94. The normalized spacial score (nSPS) is 22.2. The summed E-state index contributed by atoms with van der Waals surface area (Å²) < 4.78 is 10.8. The molecule has 3 heteroatoms. The van der Waals surface area contributed by atoms with Crippen molar-refractivity contribution >= 4 is 0 Å². The van der Waals surface area contributed by atoms with Crippen LogP contribution in [0.4, 0.5) is 0 Å². The van der Waals surface area contributed by atoms with Gasteiger partial charge in [0, 0.05) is 11.1 Å². The summed E-state index contributed by atoms with van der Waals surface area (Å²) in [5, 5.41) is 3.58. The van der Waals surface area contributed by atoms with Gasteiger partial charge in [0.2, 0.25) is 0 Å². The van der Waals surface area contributed by atoms with E-state index in [-0.39, 0.29) is 5.54 Å². The first-order valence-corrected chi connectivity index (χ1v) is 6.91. The molecule has 19 heavy (non-hydrogen) atoms. The molecule has 1 aliphatic rings. The fourth-order valence-electron chi connectivity index (χ4n) is 2.42. The Labute approximate surface area is 116 Å². The van der Waals surface area contributed by atoms with Crippen LogP contribution in [0.3, 0.4) is 0 Å². The summed E-state index contributed by atoms with van der Waals surface area (Å²) in [6, 6.07) is 6.06. The van der Waals surface area contributed by atoms with Gasteiger partial charge in [-0.2, -0.15) is 0 Å². The summed E-state index contributed by atoms with van der Waals surface area (Å²) in [4.78, 5) is 0. The number of nitrogens with one attached hydrogen (secondary N) is 1. The highest BCUT2D eigenvalue weighted by Crippen LogP contribution is 2.50. The van der Waals surface area contributed by atoms with Gasteiger partial charge in [0.1, 0.15) is 11.5 Å². The van der Waals surface area contributed by atoms with E-state index < -0.39 is 0 Å². The predicted molar refractivity (Wildman–Crippen MR) is 78.1 cm³/mol. The van der Waals surface area contributed by atoms with Gasteiger partial charge in [-0.15, -0.1) is 0 Å². The molecule has 2 rings (SSSR count). The van der Waals surface area contributed by atoms with Crippen molar-refractivity contribution in [2.24, 2.45) is 5.92 Å². The average Bonchev–Trinajstić information content (AvgIpc) is 3.14. The number of rotatable bonds is 5. The second kappa shape index (κ2) is 5.41. The van der Waals surface area contributed by atoms with Gasteiger partial charge < -0.3 is 14.8 Å². The Morgan fingerprint density at radius 1 is 1.21 bits per heavy atom. The maximum atomic E-state index is 5.46. The molecule has 106 valence electrons. The Morgan fingerprint density at radius 3 is 2.53 bits per heavy atom. The number of methoxy groups -OCH3 is 2. The highest BCUT2D eigenvalue weighted by atomic mass is 16.5. The molecule has 0 radical (unpaired) electrons. The van der Waals surface area contributed by atoms with E-state index in [2.05, 4.69) is 32.2 Å². The molecular formula is C16H25NO2. The van der Waals surface area contributed by atoms with Crippen LogP contribution >= 0.6 is 0 Å². The molecule has 2 unspecified atom stereocenters. The lowest BCUT2D eigenvalue weighted by Gasteiger charge is -2.20. The molecule has 1 aromatic rings. The molecular weight excluding hydrogens is 238 g/mol. The van der Waals surface area contributed by atoms with Gasteiger partial charge in [0.25, 0.3) is 0 Å². The molecule has 0 spiro atoms. The van der Waals surface area contributed by atoms with E-state index in [4.69, 9.17) is 9.47 Å². The molecule has 1 aliphatic carbocycles. The Hall–Kier alpha value is -1.22. The van der Waals surface area contributed by atoms with E-state index >= 15 is 0 Å². The van der Waals surface area contributed by atoms with Crippen molar-refractivity contribution in [2.45, 2.75) is 38.6 Å². The molecule has 0 heterocycles. The number of hydrogen-bond donors (Lipinski definition) is 1. The van der Waals surface area contributed by atoms with Crippen molar-refractivity contribution in [3.05, 3.63) is 23.8 Å². The number of hydrogen-bond acceptors (Lipinski definition) is 3. The van der Waals surface area contributed by atoms with Gasteiger partial charge in [-0.05, 0) is 63.8 Å². The third-order valence-corrected chi connectivity index (χ3v) is 3.65. The molecule has 1 aromatic carbocycles. The summed E-state index contributed by atoms with van der Waals surface area (Å²) >= 11 is 0. The number of ether oxygens (including phenoxy) is 2. The van der Waals surface area contributed by atoms with Crippen LogP contribution in [-0.4, -0.2) is 26.3 Å². The van der Waals surface area contributed by atoms with E-state index in [0.29, 0.717) is 11.8 Å². The highest BCUT2D eigenvalue weighted by Gasteiger charge is 2.40. The van der Waals surface area contributed by atoms with Crippen LogP contribution in [0.1, 0.15) is 38.7 Å². The lowest BCUT2D eigenvalue weighted by atomic mass is 10.1. The van der Waals surface area contributed by atoms with Crippen LogP contribution in [0.2, 0.25) is 0 Å². The van der Waals surface area contributed by atoms with Crippen molar-refractivity contribution in [1.29, 1.82) is 0 Å². The standard InChI is InChI=1S/C16H25NO2/c1-16(2,3)17-10-11-8-13(11)14-9-12(18-4)6-7-15(14)19-5/h6-7,9,11,13,17H,8,10H2,1-5H3. The SMILES string of the molecule is COc1ccc(OC)c(C2CC2CNC(C)(C)C)c1. The summed E-state index contributed by atoms with van der Waals surface area (Å²) in [5.41, 5.74) is 1.47. The van der Waals surface area contributed by atoms with Crippen molar-refractivity contribution in [2.75, 3.05) is 20.8 Å². The molecule has 1 fully saturated rings. The van der Waals surface area contributed by atoms with Gasteiger partial charge in [0.05, 0.1) is 14.2 Å². The van der Waals surface area contributed by atoms with Crippen LogP contribution < -0.4 is 14.8 Å². The van der Waals surface area contributed by atoms with Gasteiger partial charge in [-0.1, -0.05) is 0 Å². The summed E-state index contributed by atoms with van der Waals surface area (Å²) in [6.45, 7) is 7.68. The second-order valence-corrected chi connectivity index (χ2v) is 6.34. The van der Waals surface area contributed by atoms with Gasteiger partial charge in [0.15, 0.2) is 0 Å². The molecule has 0 saturated heterocycles. The summed E-state index contributed by atoms with van der Waals surface area (Å²) in [5.74, 6) is 3.19. The van der Waals surface area contributed by atoms with Gasteiger partial charge >= 0.3 is 0 Å². The fraction of sp³-hybridized carbons (Fsp3) is 0.625. The highest BCUT2D eigenvalue weighted by molar-refractivity contribution is 5.45. The first kappa shape index (κ1) is 14.2. The fourth-order valence-corrected chi connectivity index (χ4v) is 2.42.